The van der Waals surface area contributed by atoms with Crippen molar-refractivity contribution in [1.82, 2.24) is 14.4 Å². The van der Waals surface area contributed by atoms with Crippen LogP contribution in [0.25, 0.3) is 10.9 Å². The lowest BCUT2D eigenvalue weighted by Crippen LogP contribution is -2.48. The lowest BCUT2D eigenvalue weighted by Gasteiger charge is -2.41. The normalized spacial score (nSPS) is 20.3. The highest BCUT2D eigenvalue weighted by Crippen LogP contribution is 2.36. The van der Waals surface area contributed by atoms with E-state index in [1.54, 1.807) is 0 Å². The van der Waals surface area contributed by atoms with Crippen LogP contribution in [0.15, 0.2) is 24.4 Å². The van der Waals surface area contributed by atoms with Crippen LogP contribution < -0.4 is 0 Å². The Labute approximate surface area is 165 Å². The van der Waals surface area contributed by atoms with Gasteiger partial charge in [-0.05, 0) is 68.5 Å². The first-order valence-electron chi connectivity index (χ1n) is 9.88. The number of halogens is 1. The Hall–Kier alpha value is -1.72. The molecular weight excluding hydrogens is 362 g/mol. The molecule has 27 heavy (non-hydrogen) atoms. The molecule has 5 nitrogen and oxygen atoms in total. The molecule has 2 fully saturated rings. The van der Waals surface area contributed by atoms with Gasteiger partial charge in [-0.25, -0.2) is 4.79 Å². The third kappa shape index (κ3) is 3.67. The first-order valence-corrected chi connectivity index (χ1v) is 10.3. The van der Waals surface area contributed by atoms with Gasteiger partial charge in [0.2, 0.25) is 0 Å². The summed E-state index contributed by atoms with van der Waals surface area (Å²) in [7, 11) is 3.57. The predicted molar refractivity (Wildman–Crippen MR) is 108 cm³/mol. The van der Waals surface area contributed by atoms with Gasteiger partial charge in [-0.3, -0.25) is 0 Å². The Morgan fingerprint density at radius 2 is 1.81 bits per heavy atom. The summed E-state index contributed by atoms with van der Waals surface area (Å²) in [4.78, 5) is 16.1. The monoisotopic (exact) mass is 389 g/mol. The number of benzene rings is 1. The maximum absolute atomic E-state index is 11.7. The molecule has 2 aromatic rings. The van der Waals surface area contributed by atoms with Crippen LogP contribution in [-0.2, 0) is 11.8 Å². The summed E-state index contributed by atoms with van der Waals surface area (Å²) >= 11 is 6.25. The zero-order valence-electron chi connectivity index (χ0n) is 16.2. The Morgan fingerprint density at radius 3 is 2.48 bits per heavy atom. The predicted octanol–water partition coefficient (Wildman–Crippen LogP) is 4.24. The zero-order valence-corrected chi connectivity index (χ0v) is 16.9. The van der Waals surface area contributed by atoms with Crippen LogP contribution in [-0.4, -0.2) is 59.8 Å². The van der Waals surface area contributed by atoms with Crippen LogP contribution in [0.1, 0.15) is 37.2 Å². The molecule has 146 valence electrons. The van der Waals surface area contributed by atoms with Gasteiger partial charge in [0.15, 0.2) is 0 Å². The van der Waals surface area contributed by atoms with Crippen LogP contribution in [0.3, 0.4) is 0 Å². The summed E-state index contributed by atoms with van der Waals surface area (Å²) in [6.07, 6.45) is 6.55. The lowest BCUT2D eigenvalue weighted by molar-refractivity contribution is 0.0734. The molecule has 0 bridgehead atoms. The van der Waals surface area contributed by atoms with Crippen molar-refractivity contribution in [3.63, 3.8) is 0 Å². The van der Waals surface area contributed by atoms with Crippen molar-refractivity contribution in [2.24, 2.45) is 7.05 Å². The van der Waals surface area contributed by atoms with E-state index in [2.05, 4.69) is 34.8 Å². The van der Waals surface area contributed by atoms with Crippen molar-refractivity contribution in [1.29, 1.82) is 0 Å². The second kappa shape index (κ2) is 7.72. The molecule has 0 radical (unpaired) electrons. The van der Waals surface area contributed by atoms with E-state index in [-0.39, 0.29) is 6.09 Å². The average molecular weight is 390 g/mol. The van der Waals surface area contributed by atoms with Gasteiger partial charge in [0.25, 0.3) is 0 Å². The van der Waals surface area contributed by atoms with Gasteiger partial charge in [0.05, 0.1) is 7.11 Å². The topological polar surface area (TPSA) is 37.7 Å². The fourth-order valence-corrected chi connectivity index (χ4v) is 5.01. The molecule has 3 heterocycles. The van der Waals surface area contributed by atoms with Crippen molar-refractivity contribution in [3.05, 3.63) is 35.0 Å². The summed E-state index contributed by atoms with van der Waals surface area (Å²) in [6, 6.07) is 6.79. The molecule has 0 atom stereocenters. The van der Waals surface area contributed by atoms with Gasteiger partial charge in [-0.2, -0.15) is 0 Å². The number of ether oxygens (including phenoxy) is 1. The quantitative estimate of drug-likeness (QED) is 0.770. The number of piperidine rings is 2. The minimum atomic E-state index is -0.193. The number of aromatic nitrogens is 1. The number of carbonyl (C=O) groups excluding carboxylic acids is 1. The number of amides is 1. The molecule has 2 aliphatic rings. The van der Waals surface area contributed by atoms with E-state index in [4.69, 9.17) is 16.3 Å². The number of nitrogens with zero attached hydrogens (tertiary/aromatic N) is 3. The number of rotatable bonds is 2. The molecule has 0 aliphatic carbocycles. The lowest BCUT2D eigenvalue weighted by atomic mass is 9.88. The molecule has 0 saturated carbocycles. The summed E-state index contributed by atoms with van der Waals surface area (Å²) in [5.74, 6) is 0.596. The fraction of sp³-hybridized carbons (Fsp3) is 0.571. The summed E-state index contributed by atoms with van der Waals surface area (Å²) < 4.78 is 7.06. The maximum atomic E-state index is 11.7. The Balaban J connectivity index is 1.39. The number of fused-ring (bicyclic) bond motifs is 1. The minimum Gasteiger partial charge on any atom is -0.453 e. The molecule has 1 amide bonds. The zero-order chi connectivity index (χ0) is 19.0. The van der Waals surface area contributed by atoms with E-state index in [1.807, 2.05) is 11.0 Å². The SMILES string of the molecule is COC(=O)N1CCC(N2CCC(c3cn(C)c4ccc(Cl)cc34)CC2)CC1. The van der Waals surface area contributed by atoms with E-state index >= 15 is 0 Å². The van der Waals surface area contributed by atoms with Gasteiger partial charge in [-0.1, -0.05) is 11.6 Å². The Morgan fingerprint density at radius 1 is 1.11 bits per heavy atom. The van der Waals surface area contributed by atoms with E-state index < -0.39 is 0 Å². The second-order valence-electron chi connectivity index (χ2n) is 7.86. The first-order chi connectivity index (χ1) is 13.1. The Kier molecular flexibility index (Phi) is 5.33. The van der Waals surface area contributed by atoms with Crippen LogP contribution in [0.5, 0.6) is 0 Å². The summed E-state index contributed by atoms with van der Waals surface area (Å²) in [6.45, 7) is 3.87. The molecule has 6 heteroatoms. The summed E-state index contributed by atoms with van der Waals surface area (Å²) in [5, 5.41) is 2.11. The van der Waals surface area contributed by atoms with Crippen LogP contribution in [0.2, 0.25) is 5.02 Å². The number of hydrogen-bond donors (Lipinski definition) is 0. The van der Waals surface area contributed by atoms with Gasteiger partial charge in [-0.15, -0.1) is 0 Å². The molecule has 0 N–H and O–H groups in total. The average Bonchev–Trinajstić information content (AvgIpc) is 3.03. The van der Waals surface area contributed by atoms with Gasteiger partial charge >= 0.3 is 6.09 Å². The van der Waals surface area contributed by atoms with Crippen molar-refractivity contribution >= 4 is 28.6 Å². The van der Waals surface area contributed by atoms with E-state index in [9.17, 15) is 4.79 Å². The molecule has 0 spiro atoms. The fourth-order valence-electron chi connectivity index (χ4n) is 4.84. The van der Waals surface area contributed by atoms with Crippen molar-refractivity contribution in [2.75, 3.05) is 33.3 Å². The molecule has 2 saturated heterocycles. The summed E-state index contributed by atoms with van der Waals surface area (Å²) in [5.41, 5.74) is 2.70. The Bertz CT molecular complexity index is 818. The largest absolute Gasteiger partial charge is 0.453 e. The molecule has 4 rings (SSSR count). The molecule has 1 aromatic heterocycles. The number of carbonyl (C=O) groups is 1. The number of aryl methyl sites for hydroxylation is 1. The van der Waals surface area contributed by atoms with Crippen LogP contribution in [0.4, 0.5) is 4.79 Å². The van der Waals surface area contributed by atoms with Crippen LogP contribution in [0, 0.1) is 0 Å². The van der Waals surface area contributed by atoms with Gasteiger partial charge < -0.3 is 19.1 Å². The van der Waals surface area contributed by atoms with E-state index in [0.717, 1.165) is 44.0 Å². The number of methoxy groups -OCH3 is 1. The van der Waals surface area contributed by atoms with Crippen molar-refractivity contribution in [2.45, 2.75) is 37.6 Å². The number of likely N-dealkylation sites (tertiary alicyclic amines) is 2. The van der Waals surface area contributed by atoms with Crippen LogP contribution >= 0.6 is 11.6 Å². The van der Waals surface area contributed by atoms with E-state index in [0.29, 0.717) is 12.0 Å². The maximum Gasteiger partial charge on any atom is 0.409 e. The molecular formula is C21H28ClN3O2. The third-order valence-corrected chi connectivity index (χ3v) is 6.60. The number of hydrogen-bond acceptors (Lipinski definition) is 3. The third-order valence-electron chi connectivity index (χ3n) is 6.37. The smallest absolute Gasteiger partial charge is 0.409 e. The van der Waals surface area contributed by atoms with Crippen molar-refractivity contribution in [3.8, 4) is 0 Å². The minimum absolute atomic E-state index is 0.193. The highest BCUT2D eigenvalue weighted by atomic mass is 35.5. The van der Waals surface area contributed by atoms with Crippen molar-refractivity contribution < 1.29 is 9.53 Å². The van der Waals surface area contributed by atoms with Gasteiger partial charge in [0.1, 0.15) is 0 Å². The standard InChI is InChI=1S/C21H28ClN3O2/c1-23-14-19(18-13-16(22)3-4-20(18)23)15-5-9-24(10-6-15)17-7-11-25(12-8-17)21(26)27-2/h3-4,13-15,17H,5-12H2,1-2H3. The van der Waals surface area contributed by atoms with E-state index in [1.165, 1.54) is 36.4 Å². The molecule has 2 aliphatic heterocycles. The van der Waals surface area contributed by atoms with Gasteiger partial charge in [0, 0.05) is 48.3 Å². The molecule has 1 aromatic carbocycles. The highest BCUT2D eigenvalue weighted by molar-refractivity contribution is 6.31. The highest BCUT2D eigenvalue weighted by Gasteiger charge is 2.31. The first kappa shape index (κ1) is 18.6. The second-order valence-corrected chi connectivity index (χ2v) is 8.29. The molecule has 0 unspecified atom stereocenters.